The fourth-order valence-electron chi connectivity index (χ4n) is 1.33. The van der Waals surface area contributed by atoms with Crippen molar-refractivity contribution in [3.8, 4) is 18.0 Å². The lowest BCUT2D eigenvalue weighted by Crippen LogP contribution is -2.01. The molecule has 0 aliphatic rings. The van der Waals surface area contributed by atoms with Crippen LogP contribution in [-0.2, 0) is 0 Å². The fourth-order valence-corrected chi connectivity index (χ4v) is 1.89. The van der Waals surface area contributed by atoms with E-state index >= 15 is 0 Å². The fraction of sp³-hybridized carbons (Fsp3) is 0.182. The van der Waals surface area contributed by atoms with Gasteiger partial charge in [-0.15, -0.1) is 11.5 Å². The van der Waals surface area contributed by atoms with Gasteiger partial charge < -0.3 is 0 Å². The molecule has 0 bridgehead atoms. The minimum atomic E-state index is 0.562. The van der Waals surface area contributed by atoms with Gasteiger partial charge in [0, 0.05) is 0 Å². The molecule has 0 amide bonds. The van der Waals surface area contributed by atoms with Gasteiger partial charge in [-0.3, -0.25) is 0 Å². The Hall–Kier alpha value is -1.80. The van der Waals surface area contributed by atoms with Crippen molar-refractivity contribution in [2.24, 2.45) is 0 Å². The average Bonchev–Trinajstić information content (AvgIpc) is 2.75. The molecule has 0 aliphatic heterocycles. The van der Waals surface area contributed by atoms with E-state index in [1.165, 1.54) is 11.8 Å². The highest BCUT2D eigenvalue weighted by molar-refractivity contribution is 7.99. The Bertz CT molecular complexity index is 527. The zero-order chi connectivity index (χ0) is 11.4. The average molecular weight is 230 g/mol. The normalized spacial score (nSPS) is 10.0. The molecule has 1 aromatic heterocycles. The highest BCUT2D eigenvalue weighted by Crippen LogP contribution is 2.19. The van der Waals surface area contributed by atoms with E-state index in [1.807, 2.05) is 31.2 Å². The van der Waals surface area contributed by atoms with Crippen LogP contribution in [0, 0.1) is 19.3 Å². The van der Waals surface area contributed by atoms with Gasteiger partial charge in [-0.1, -0.05) is 35.9 Å². The van der Waals surface area contributed by atoms with E-state index in [0.29, 0.717) is 10.9 Å². The van der Waals surface area contributed by atoms with Crippen molar-refractivity contribution in [1.29, 1.82) is 0 Å². The Kier molecular flexibility index (Phi) is 3.22. The zero-order valence-corrected chi connectivity index (χ0v) is 9.61. The minimum absolute atomic E-state index is 0.562. The van der Waals surface area contributed by atoms with E-state index in [2.05, 4.69) is 21.4 Å². The molecule has 0 unspecified atom stereocenters. The number of tetrazole rings is 1. The molecular weight excluding hydrogens is 220 g/mol. The Balaban J connectivity index is 2.38. The summed E-state index contributed by atoms with van der Waals surface area (Å²) in [6.07, 6.45) is 5.22. The summed E-state index contributed by atoms with van der Waals surface area (Å²) in [6.45, 7) is 2.02. The first-order valence-electron chi connectivity index (χ1n) is 4.73. The summed E-state index contributed by atoms with van der Waals surface area (Å²) in [5.41, 5.74) is 2.10. The first-order valence-corrected chi connectivity index (χ1v) is 5.72. The van der Waals surface area contributed by atoms with E-state index in [1.54, 1.807) is 4.68 Å². The summed E-state index contributed by atoms with van der Waals surface area (Å²) in [7, 11) is 0. The van der Waals surface area contributed by atoms with Crippen LogP contribution in [0.15, 0.2) is 29.4 Å². The molecule has 0 aliphatic carbocycles. The Labute approximate surface area is 98.1 Å². The SMILES string of the molecule is C#CCSc1nnnn1-c1ccccc1C. The molecule has 2 aromatic rings. The van der Waals surface area contributed by atoms with Gasteiger partial charge in [-0.2, -0.15) is 4.68 Å². The predicted molar refractivity (Wildman–Crippen MR) is 63.4 cm³/mol. The Morgan fingerprint density at radius 2 is 2.25 bits per heavy atom. The molecule has 0 atom stereocenters. The van der Waals surface area contributed by atoms with Crippen LogP contribution in [0.4, 0.5) is 0 Å². The third-order valence-electron chi connectivity index (χ3n) is 2.07. The number of hydrogen-bond acceptors (Lipinski definition) is 4. The van der Waals surface area contributed by atoms with Crippen LogP contribution in [0.2, 0.25) is 0 Å². The summed E-state index contributed by atoms with van der Waals surface area (Å²) in [5, 5.41) is 12.3. The van der Waals surface area contributed by atoms with Gasteiger partial charge in [0.1, 0.15) is 0 Å². The highest BCUT2D eigenvalue weighted by atomic mass is 32.2. The lowest BCUT2D eigenvalue weighted by atomic mass is 10.2. The third kappa shape index (κ3) is 2.07. The van der Waals surface area contributed by atoms with E-state index in [9.17, 15) is 0 Å². The number of terminal acetylenes is 1. The monoisotopic (exact) mass is 230 g/mol. The quantitative estimate of drug-likeness (QED) is 0.594. The van der Waals surface area contributed by atoms with Gasteiger partial charge in [0.2, 0.25) is 5.16 Å². The lowest BCUT2D eigenvalue weighted by molar-refractivity contribution is 0.752. The van der Waals surface area contributed by atoms with Crippen molar-refractivity contribution in [3.05, 3.63) is 29.8 Å². The van der Waals surface area contributed by atoms with Crippen molar-refractivity contribution in [1.82, 2.24) is 20.2 Å². The van der Waals surface area contributed by atoms with Crippen LogP contribution in [0.3, 0.4) is 0 Å². The maximum absolute atomic E-state index is 5.22. The van der Waals surface area contributed by atoms with Gasteiger partial charge in [0.05, 0.1) is 11.4 Å². The van der Waals surface area contributed by atoms with E-state index in [-0.39, 0.29) is 0 Å². The molecule has 80 valence electrons. The van der Waals surface area contributed by atoms with Crippen LogP contribution < -0.4 is 0 Å². The molecule has 0 N–H and O–H groups in total. The second-order valence-corrected chi connectivity index (χ2v) is 4.10. The number of nitrogens with zero attached hydrogens (tertiary/aromatic N) is 4. The van der Waals surface area contributed by atoms with Crippen molar-refractivity contribution >= 4 is 11.8 Å². The van der Waals surface area contributed by atoms with Crippen LogP contribution in [0.5, 0.6) is 0 Å². The van der Waals surface area contributed by atoms with E-state index < -0.39 is 0 Å². The molecule has 5 heteroatoms. The van der Waals surface area contributed by atoms with E-state index in [0.717, 1.165) is 11.3 Å². The molecular formula is C11H10N4S. The molecule has 1 heterocycles. The molecule has 4 nitrogen and oxygen atoms in total. The highest BCUT2D eigenvalue weighted by Gasteiger charge is 2.09. The Morgan fingerprint density at radius 3 is 3.00 bits per heavy atom. The van der Waals surface area contributed by atoms with Gasteiger partial charge in [0.25, 0.3) is 0 Å². The first-order chi connectivity index (χ1) is 7.83. The van der Waals surface area contributed by atoms with Crippen molar-refractivity contribution in [3.63, 3.8) is 0 Å². The number of benzene rings is 1. The van der Waals surface area contributed by atoms with Crippen molar-refractivity contribution < 1.29 is 0 Å². The summed E-state index contributed by atoms with van der Waals surface area (Å²) >= 11 is 1.45. The summed E-state index contributed by atoms with van der Waals surface area (Å²) in [4.78, 5) is 0. The number of para-hydroxylation sites is 1. The minimum Gasteiger partial charge on any atom is -0.187 e. The number of aromatic nitrogens is 4. The maximum atomic E-state index is 5.22. The smallest absolute Gasteiger partial charge is 0.187 e. The lowest BCUT2D eigenvalue weighted by Gasteiger charge is -2.05. The van der Waals surface area contributed by atoms with Crippen molar-refractivity contribution in [2.75, 3.05) is 5.75 Å². The molecule has 0 spiro atoms. The molecule has 0 saturated carbocycles. The second kappa shape index (κ2) is 4.81. The zero-order valence-electron chi connectivity index (χ0n) is 8.79. The summed E-state index contributed by atoms with van der Waals surface area (Å²) in [5.74, 6) is 3.12. The molecule has 0 fully saturated rings. The van der Waals surface area contributed by atoms with Crippen LogP contribution in [-0.4, -0.2) is 26.0 Å². The summed E-state index contributed by atoms with van der Waals surface area (Å²) in [6, 6.07) is 7.94. The third-order valence-corrected chi connectivity index (χ3v) is 2.89. The maximum Gasteiger partial charge on any atom is 0.215 e. The van der Waals surface area contributed by atoms with Gasteiger partial charge in [-0.25, -0.2) is 0 Å². The molecule has 1 aromatic carbocycles. The largest absolute Gasteiger partial charge is 0.215 e. The number of rotatable bonds is 3. The van der Waals surface area contributed by atoms with Crippen molar-refractivity contribution in [2.45, 2.75) is 12.1 Å². The predicted octanol–water partition coefficient (Wildman–Crippen LogP) is 1.70. The Morgan fingerprint density at radius 1 is 1.44 bits per heavy atom. The topological polar surface area (TPSA) is 43.6 Å². The van der Waals surface area contributed by atoms with Crippen LogP contribution in [0.25, 0.3) is 5.69 Å². The van der Waals surface area contributed by atoms with Gasteiger partial charge >= 0.3 is 0 Å². The van der Waals surface area contributed by atoms with Crippen LogP contribution >= 0.6 is 11.8 Å². The van der Waals surface area contributed by atoms with E-state index in [4.69, 9.17) is 6.42 Å². The first kappa shape index (κ1) is 10.7. The molecule has 0 saturated heterocycles. The standard InChI is InChI=1S/C11H10N4S/c1-3-8-16-11-12-13-14-15(11)10-7-5-4-6-9(10)2/h1,4-7H,8H2,2H3. The van der Waals surface area contributed by atoms with Gasteiger partial charge in [0.15, 0.2) is 0 Å². The second-order valence-electron chi connectivity index (χ2n) is 3.15. The van der Waals surface area contributed by atoms with Crippen LogP contribution in [0.1, 0.15) is 5.56 Å². The molecule has 16 heavy (non-hydrogen) atoms. The summed E-state index contributed by atoms with van der Waals surface area (Å²) < 4.78 is 1.71. The number of thioether (sulfide) groups is 1. The molecule has 2 rings (SSSR count). The van der Waals surface area contributed by atoms with Gasteiger partial charge in [-0.05, 0) is 29.0 Å². The number of aryl methyl sites for hydroxylation is 1. The number of hydrogen-bond donors (Lipinski definition) is 0. The molecule has 0 radical (unpaired) electrons.